The van der Waals surface area contributed by atoms with Crippen molar-refractivity contribution in [2.45, 2.75) is 13.8 Å². The van der Waals surface area contributed by atoms with E-state index in [1.807, 2.05) is 19.9 Å². The van der Waals surface area contributed by atoms with Gasteiger partial charge in [-0.1, -0.05) is 0 Å². The van der Waals surface area contributed by atoms with Gasteiger partial charge < -0.3 is 15.1 Å². The number of fused-ring (bicyclic) bond motifs is 1. The Morgan fingerprint density at radius 3 is 2.82 bits per heavy atom. The van der Waals surface area contributed by atoms with Crippen molar-refractivity contribution in [3.05, 3.63) is 29.9 Å². The maximum Gasteiger partial charge on any atom is 0.167 e. The average molecular weight is 228 g/mol. The molecule has 17 heavy (non-hydrogen) atoms. The molecule has 5 nitrogen and oxygen atoms in total. The van der Waals surface area contributed by atoms with Gasteiger partial charge >= 0.3 is 0 Å². The van der Waals surface area contributed by atoms with Crippen molar-refractivity contribution >= 4 is 16.9 Å². The van der Waals surface area contributed by atoms with E-state index in [1.54, 1.807) is 12.5 Å². The number of furan rings is 1. The molecule has 0 spiro atoms. The second-order valence-electron chi connectivity index (χ2n) is 4.04. The molecule has 0 saturated carbocycles. The number of hydrogen-bond acceptors (Lipinski definition) is 4. The summed E-state index contributed by atoms with van der Waals surface area (Å²) in [7, 11) is 0. The van der Waals surface area contributed by atoms with Crippen molar-refractivity contribution in [3.8, 4) is 11.4 Å². The number of aromatic amines is 1. The predicted molar refractivity (Wildman–Crippen MR) is 65.5 cm³/mol. The van der Waals surface area contributed by atoms with E-state index in [0.717, 1.165) is 27.9 Å². The highest BCUT2D eigenvalue weighted by Gasteiger charge is 2.13. The molecule has 0 aliphatic heterocycles. The Balaban J connectivity index is 2.32. The molecular formula is C12H12N4O. The largest absolute Gasteiger partial charge is 0.472 e. The summed E-state index contributed by atoms with van der Waals surface area (Å²) in [6.07, 6.45) is 3.19. The molecule has 0 radical (unpaired) electrons. The van der Waals surface area contributed by atoms with Crippen LogP contribution in [0.25, 0.3) is 22.4 Å². The minimum atomic E-state index is 0.494. The van der Waals surface area contributed by atoms with Crippen LogP contribution in [0.3, 0.4) is 0 Å². The highest BCUT2D eigenvalue weighted by molar-refractivity contribution is 5.91. The zero-order valence-corrected chi connectivity index (χ0v) is 9.61. The topological polar surface area (TPSA) is 80.7 Å². The van der Waals surface area contributed by atoms with Crippen molar-refractivity contribution in [2.75, 3.05) is 5.73 Å². The molecule has 3 N–H and O–H groups in total. The van der Waals surface area contributed by atoms with Gasteiger partial charge in [-0.05, 0) is 25.5 Å². The molecule has 5 heteroatoms. The van der Waals surface area contributed by atoms with Gasteiger partial charge in [-0.15, -0.1) is 0 Å². The standard InChI is InChI=1S/C12H12N4O/c1-6-7(2)14-12-9(6)10(13)15-11(16-12)8-3-4-17-5-8/h3-5H,1-2H3,(H3,13,14,15,16). The summed E-state index contributed by atoms with van der Waals surface area (Å²) in [6.45, 7) is 4.00. The normalized spacial score (nSPS) is 11.2. The van der Waals surface area contributed by atoms with Crippen molar-refractivity contribution in [1.29, 1.82) is 0 Å². The molecule has 3 aromatic rings. The summed E-state index contributed by atoms with van der Waals surface area (Å²) in [5.74, 6) is 1.07. The maximum atomic E-state index is 5.98. The van der Waals surface area contributed by atoms with Gasteiger partial charge in [0.2, 0.25) is 0 Å². The van der Waals surface area contributed by atoms with Gasteiger partial charge in [-0.3, -0.25) is 0 Å². The third-order valence-corrected chi connectivity index (χ3v) is 2.96. The number of hydrogen-bond donors (Lipinski definition) is 2. The number of aryl methyl sites for hydroxylation is 2. The second kappa shape index (κ2) is 3.35. The summed E-state index contributed by atoms with van der Waals surface area (Å²) in [5.41, 5.74) is 9.72. The Labute approximate surface area is 97.7 Å². The summed E-state index contributed by atoms with van der Waals surface area (Å²) < 4.78 is 5.02. The van der Waals surface area contributed by atoms with Crippen molar-refractivity contribution < 1.29 is 4.42 Å². The third-order valence-electron chi connectivity index (χ3n) is 2.96. The van der Waals surface area contributed by atoms with Crippen LogP contribution < -0.4 is 5.73 Å². The van der Waals surface area contributed by atoms with Crippen molar-refractivity contribution in [3.63, 3.8) is 0 Å². The molecule has 86 valence electrons. The van der Waals surface area contributed by atoms with Crippen LogP contribution in [0.15, 0.2) is 23.0 Å². The summed E-state index contributed by atoms with van der Waals surface area (Å²) in [5, 5.41) is 0.898. The van der Waals surface area contributed by atoms with E-state index in [1.165, 1.54) is 0 Å². The van der Waals surface area contributed by atoms with E-state index in [0.29, 0.717) is 11.6 Å². The molecule has 0 aliphatic rings. The number of nitrogen functional groups attached to an aromatic ring is 1. The summed E-state index contributed by atoms with van der Waals surface area (Å²) >= 11 is 0. The minimum Gasteiger partial charge on any atom is -0.472 e. The molecule has 0 saturated heterocycles. The van der Waals surface area contributed by atoms with Gasteiger partial charge in [-0.2, -0.15) is 0 Å². The fraction of sp³-hybridized carbons (Fsp3) is 0.167. The fourth-order valence-electron chi connectivity index (χ4n) is 1.92. The molecule has 0 aliphatic carbocycles. The fourth-order valence-corrected chi connectivity index (χ4v) is 1.92. The van der Waals surface area contributed by atoms with Crippen LogP contribution in [0.1, 0.15) is 11.3 Å². The van der Waals surface area contributed by atoms with Gasteiger partial charge in [0.25, 0.3) is 0 Å². The lowest BCUT2D eigenvalue weighted by Gasteiger charge is -2.00. The Morgan fingerprint density at radius 2 is 2.12 bits per heavy atom. The molecule has 0 amide bonds. The highest BCUT2D eigenvalue weighted by atomic mass is 16.3. The molecular weight excluding hydrogens is 216 g/mol. The van der Waals surface area contributed by atoms with Gasteiger partial charge in [-0.25, -0.2) is 9.97 Å². The first-order chi connectivity index (χ1) is 8.16. The zero-order valence-electron chi connectivity index (χ0n) is 9.61. The number of nitrogens with one attached hydrogen (secondary N) is 1. The van der Waals surface area contributed by atoms with E-state index in [-0.39, 0.29) is 0 Å². The first-order valence-electron chi connectivity index (χ1n) is 5.32. The lowest BCUT2D eigenvalue weighted by Crippen LogP contribution is -1.96. The monoisotopic (exact) mass is 228 g/mol. The minimum absolute atomic E-state index is 0.494. The van der Waals surface area contributed by atoms with Crippen LogP contribution >= 0.6 is 0 Å². The lowest BCUT2D eigenvalue weighted by molar-refractivity contribution is 0.568. The van der Waals surface area contributed by atoms with Crippen LogP contribution in [0.2, 0.25) is 0 Å². The average Bonchev–Trinajstić information content (AvgIpc) is 2.88. The van der Waals surface area contributed by atoms with E-state index >= 15 is 0 Å². The van der Waals surface area contributed by atoms with E-state index in [9.17, 15) is 0 Å². The van der Waals surface area contributed by atoms with Gasteiger partial charge in [0.1, 0.15) is 17.7 Å². The van der Waals surface area contributed by atoms with Gasteiger partial charge in [0.05, 0.1) is 17.2 Å². The number of rotatable bonds is 1. The molecule has 0 fully saturated rings. The van der Waals surface area contributed by atoms with Crippen LogP contribution in [0.4, 0.5) is 5.82 Å². The predicted octanol–water partition coefficient (Wildman–Crippen LogP) is 2.42. The molecule has 0 atom stereocenters. The molecule has 0 unspecified atom stereocenters. The van der Waals surface area contributed by atoms with Gasteiger partial charge in [0, 0.05) is 5.69 Å². The number of nitrogens with zero attached hydrogens (tertiary/aromatic N) is 2. The van der Waals surface area contributed by atoms with Crippen LogP contribution in [-0.4, -0.2) is 15.0 Å². The molecule has 0 aromatic carbocycles. The Bertz CT molecular complexity index is 682. The Kier molecular flexibility index (Phi) is 1.95. The number of H-pyrrole nitrogens is 1. The van der Waals surface area contributed by atoms with E-state index in [2.05, 4.69) is 15.0 Å². The first kappa shape index (κ1) is 9.89. The lowest BCUT2D eigenvalue weighted by atomic mass is 10.2. The van der Waals surface area contributed by atoms with E-state index in [4.69, 9.17) is 10.2 Å². The molecule has 3 heterocycles. The molecule has 3 rings (SSSR count). The Hall–Kier alpha value is -2.30. The molecule has 0 bridgehead atoms. The second-order valence-corrected chi connectivity index (χ2v) is 4.04. The quantitative estimate of drug-likeness (QED) is 0.670. The first-order valence-corrected chi connectivity index (χ1v) is 5.32. The van der Waals surface area contributed by atoms with Crippen molar-refractivity contribution in [1.82, 2.24) is 15.0 Å². The zero-order chi connectivity index (χ0) is 12.0. The van der Waals surface area contributed by atoms with Crippen molar-refractivity contribution in [2.24, 2.45) is 0 Å². The number of nitrogens with two attached hydrogens (primary N) is 1. The highest BCUT2D eigenvalue weighted by Crippen LogP contribution is 2.27. The van der Waals surface area contributed by atoms with Gasteiger partial charge in [0.15, 0.2) is 5.82 Å². The molecule has 3 aromatic heterocycles. The number of anilines is 1. The smallest absolute Gasteiger partial charge is 0.167 e. The Morgan fingerprint density at radius 1 is 1.29 bits per heavy atom. The summed E-state index contributed by atoms with van der Waals surface area (Å²) in [6, 6.07) is 1.81. The number of aromatic nitrogens is 3. The summed E-state index contributed by atoms with van der Waals surface area (Å²) in [4.78, 5) is 12.0. The van der Waals surface area contributed by atoms with Crippen LogP contribution in [0, 0.1) is 13.8 Å². The maximum absolute atomic E-state index is 5.98. The van der Waals surface area contributed by atoms with Crippen LogP contribution in [0.5, 0.6) is 0 Å². The van der Waals surface area contributed by atoms with Crippen LogP contribution in [-0.2, 0) is 0 Å². The third kappa shape index (κ3) is 1.39. The SMILES string of the molecule is Cc1[nH]c2nc(-c3ccoc3)nc(N)c2c1C. The van der Waals surface area contributed by atoms with E-state index < -0.39 is 0 Å².